The minimum atomic E-state index is 0.195. The van der Waals surface area contributed by atoms with E-state index in [1.807, 2.05) is 13.0 Å². The van der Waals surface area contributed by atoms with Gasteiger partial charge in [0.15, 0.2) is 0 Å². The van der Waals surface area contributed by atoms with Crippen LogP contribution in [0.3, 0.4) is 0 Å². The number of nitrogens with two attached hydrogens (primary N) is 1. The number of rotatable bonds is 5. The fraction of sp³-hybridized carbons (Fsp3) is 0.353. The van der Waals surface area contributed by atoms with Gasteiger partial charge in [0.2, 0.25) is 0 Å². The number of hydrogen-bond donors (Lipinski definition) is 1. The van der Waals surface area contributed by atoms with Crippen LogP contribution in [0.5, 0.6) is 0 Å². The van der Waals surface area contributed by atoms with Crippen molar-refractivity contribution in [3.63, 3.8) is 0 Å². The minimum Gasteiger partial charge on any atom is -0.327 e. The van der Waals surface area contributed by atoms with E-state index < -0.39 is 0 Å². The van der Waals surface area contributed by atoms with Crippen molar-refractivity contribution in [3.8, 4) is 0 Å². The number of halogens is 1. The Morgan fingerprint density at radius 1 is 1.24 bits per heavy atom. The summed E-state index contributed by atoms with van der Waals surface area (Å²) >= 11 is 8.00. The first-order valence-electron chi connectivity index (χ1n) is 7.15. The van der Waals surface area contributed by atoms with E-state index in [1.54, 1.807) is 11.8 Å². The molecule has 21 heavy (non-hydrogen) atoms. The van der Waals surface area contributed by atoms with Gasteiger partial charge in [-0.3, -0.25) is 0 Å². The van der Waals surface area contributed by atoms with E-state index in [-0.39, 0.29) is 6.04 Å². The molecule has 1 aromatic heterocycles. The third-order valence-electron chi connectivity index (χ3n) is 3.31. The molecular formula is C17H21ClN2S. The van der Waals surface area contributed by atoms with Crippen LogP contribution in [-0.4, -0.2) is 11.0 Å². The van der Waals surface area contributed by atoms with E-state index in [2.05, 4.69) is 43.1 Å². The summed E-state index contributed by atoms with van der Waals surface area (Å²) < 4.78 is 0. The largest absolute Gasteiger partial charge is 0.327 e. The molecule has 0 aliphatic rings. The quantitative estimate of drug-likeness (QED) is 0.861. The highest BCUT2D eigenvalue weighted by molar-refractivity contribution is 7.99. The molecule has 1 heterocycles. The zero-order valence-electron chi connectivity index (χ0n) is 12.7. The van der Waals surface area contributed by atoms with E-state index >= 15 is 0 Å². The van der Waals surface area contributed by atoms with E-state index in [4.69, 9.17) is 17.3 Å². The minimum absolute atomic E-state index is 0.195. The molecule has 112 valence electrons. The summed E-state index contributed by atoms with van der Waals surface area (Å²) in [5, 5.41) is 1.74. The summed E-state index contributed by atoms with van der Waals surface area (Å²) in [5.41, 5.74) is 9.42. The molecule has 0 saturated heterocycles. The second-order valence-electron chi connectivity index (χ2n) is 5.36. The highest BCUT2D eigenvalue weighted by atomic mass is 35.5. The second kappa shape index (κ2) is 7.30. The lowest BCUT2D eigenvalue weighted by atomic mass is 10.1. The van der Waals surface area contributed by atoms with Gasteiger partial charge in [-0.25, -0.2) is 4.98 Å². The lowest BCUT2D eigenvalue weighted by Crippen LogP contribution is -2.21. The molecule has 2 N–H and O–H groups in total. The van der Waals surface area contributed by atoms with Crippen LogP contribution in [0.25, 0.3) is 0 Å². The molecule has 0 radical (unpaired) electrons. The first-order chi connectivity index (χ1) is 9.97. The van der Waals surface area contributed by atoms with Crippen LogP contribution in [0, 0.1) is 13.8 Å². The van der Waals surface area contributed by atoms with Crippen molar-refractivity contribution in [1.29, 1.82) is 0 Å². The molecule has 0 bridgehead atoms. The molecule has 0 saturated carbocycles. The summed E-state index contributed by atoms with van der Waals surface area (Å²) in [5.74, 6) is 0. The van der Waals surface area contributed by atoms with Gasteiger partial charge in [0, 0.05) is 16.6 Å². The van der Waals surface area contributed by atoms with Crippen LogP contribution in [0.4, 0.5) is 0 Å². The van der Waals surface area contributed by atoms with Gasteiger partial charge < -0.3 is 5.73 Å². The Balaban J connectivity index is 2.17. The fourth-order valence-corrected chi connectivity index (χ4v) is 3.44. The summed E-state index contributed by atoms with van der Waals surface area (Å²) in [7, 11) is 0. The molecule has 0 fully saturated rings. The van der Waals surface area contributed by atoms with Gasteiger partial charge in [0.1, 0.15) is 5.03 Å². The first-order valence-corrected chi connectivity index (χ1v) is 8.34. The number of pyridine rings is 1. The molecular weight excluding hydrogens is 300 g/mol. The molecule has 0 amide bonds. The van der Waals surface area contributed by atoms with Crippen molar-refractivity contribution in [2.75, 3.05) is 0 Å². The van der Waals surface area contributed by atoms with Crippen molar-refractivity contribution >= 4 is 23.4 Å². The van der Waals surface area contributed by atoms with Crippen molar-refractivity contribution in [2.24, 2.45) is 5.73 Å². The number of aryl methyl sites for hydroxylation is 2. The first kappa shape index (κ1) is 16.3. The molecule has 0 spiro atoms. The van der Waals surface area contributed by atoms with E-state index in [0.29, 0.717) is 0 Å². The normalized spacial score (nSPS) is 12.4. The zero-order valence-corrected chi connectivity index (χ0v) is 14.3. The third kappa shape index (κ3) is 4.73. The number of aromatic nitrogens is 1. The standard InChI is InChI=1S/C17H21ClN2S/c1-4-14(19)9-13-5-6-16(15(18)10-13)21-17-8-11(2)7-12(3)20-17/h5-8,10,14H,4,9,19H2,1-3H3. The summed E-state index contributed by atoms with van der Waals surface area (Å²) in [6.45, 7) is 6.19. The molecule has 1 unspecified atom stereocenters. The van der Waals surface area contributed by atoms with Crippen LogP contribution < -0.4 is 5.73 Å². The van der Waals surface area contributed by atoms with Crippen molar-refractivity contribution in [2.45, 2.75) is 49.6 Å². The Labute approximate surface area is 136 Å². The Bertz CT molecular complexity index is 608. The second-order valence-corrected chi connectivity index (χ2v) is 6.83. The number of nitrogens with zero attached hydrogens (tertiary/aromatic N) is 1. The van der Waals surface area contributed by atoms with Crippen molar-refractivity contribution in [3.05, 3.63) is 52.2 Å². The summed E-state index contributed by atoms with van der Waals surface area (Å²) in [4.78, 5) is 5.57. The Morgan fingerprint density at radius 2 is 2.00 bits per heavy atom. The van der Waals surface area contributed by atoms with Gasteiger partial charge in [0.05, 0.1) is 5.02 Å². The SMILES string of the molecule is CCC(N)Cc1ccc(Sc2cc(C)cc(C)n2)c(Cl)c1. The Kier molecular flexibility index (Phi) is 5.68. The monoisotopic (exact) mass is 320 g/mol. The Morgan fingerprint density at radius 3 is 2.62 bits per heavy atom. The third-order valence-corrected chi connectivity index (χ3v) is 4.73. The number of hydrogen-bond acceptors (Lipinski definition) is 3. The van der Waals surface area contributed by atoms with Crippen LogP contribution >= 0.6 is 23.4 Å². The maximum Gasteiger partial charge on any atom is 0.101 e. The lowest BCUT2D eigenvalue weighted by Gasteiger charge is -2.11. The zero-order chi connectivity index (χ0) is 15.4. The highest BCUT2D eigenvalue weighted by Gasteiger charge is 2.08. The fourth-order valence-electron chi connectivity index (χ4n) is 2.17. The van der Waals surface area contributed by atoms with Gasteiger partial charge in [-0.1, -0.05) is 36.4 Å². The average Bonchev–Trinajstić information content (AvgIpc) is 2.40. The highest BCUT2D eigenvalue weighted by Crippen LogP contribution is 2.33. The van der Waals surface area contributed by atoms with Crippen LogP contribution in [0.15, 0.2) is 40.3 Å². The van der Waals surface area contributed by atoms with Gasteiger partial charge in [-0.05, 0) is 62.1 Å². The molecule has 2 nitrogen and oxygen atoms in total. The van der Waals surface area contributed by atoms with Gasteiger partial charge in [-0.15, -0.1) is 0 Å². The molecule has 1 atom stereocenters. The lowest BCUT2D eigenvalue weighted by molar-refractivity contribution is 0.646. The molecule has 2 aromatic rings. The van der Waals surface area contributed by atoms with Crippen molar-refractivity contribution < 1.29 is 0 Å². The predicted octanol–water partition coefficient (Wildman–Crippen LogP) is 4.78. The molecule has 0 aliphatic carbocycles. The van der Waals surface area contributed by atoms with Crippen LogP contribution in [-0.2, 0) is 6.42 Å². The molecule has 4 heteroatoms. The maximum atomic E-state index is 6.40. The Hall–Kier alpha value is -1.03. The van der Waals surface area contributed by atoms with Crippen molar-refractivity contribution in [1.82, 2.24) is 4.98 Å². The predicted molar refractivity (Wildman–Crippen MR) is 91.3 cm³/mol. The van der Waals surface area contributed by atoms with Gasteiger partial charge in [0.25, 0.3) is 0 Å². The number of benzene rings is 1. The van der Waals surface area contributed by atoms with Gasteiger partial charge >= 0.3 is 0 Å². The average molecular weight is 321 g/mol. The van der Waals surface area contributed by atoms with Crippen LogP contribution in [0.2, 0.25) is 5.02 Å². The smallest absolute Gasteiger partial charge is 0.101 e. The topological polar surface area (TPSA) is 38.9 Å². The maximum absolute atomic E-state index is 6.40. The molecule has 0 aliphatic heterocycles. The summed E-state index contributed by atoms with van der Waals surface area (Å²) in [6.07, 6.45) is 1.84. The van der Waals surface area contributed by atoms with Crippen LogP contribution in [0.1, 0.15) is 30.2 Å². The van der Waals surface area contributed by atoms with E-state index in [9.17, 15) is 0 Å². The molecule has 2 rings (SSSR count). The van der Waals surface area contributed by atoms with E-state index in [1.165, 1.54) is 11.1 Å². The molecule has 1 aromatic carbocycles. The summed E-state index contributed by atoms with van der Waals surface area (Å²) in [6, 6.07) is 10.5. The van der Waals surface area contributed by atoms with E-state index in [0.717, 1.165) is 33.5 Å². The van der Waals surface area contributed by atoms with Gasteiger partial charge in [-0.2, -0.15) is 0 Å².